The summed E-state index contributed by atoms with van der Waals surface area (Å²) < 4.78 is 0. The highest BCUT2D eigenvalue weighted by atomic mass is 16.4. The quantitative estimate of drug-likeness (QED) is 0.0818. The number of nitrogens with zero attached hydrogens (tertiary/aromatic N) is 1. The average Bonchev–Trinajstić information content (AvgIpc) is 3.69. The smallest absolute Gasteiger partial charge is 0.326 e. The highest BCUT2D eigenvalue weighted by Gasteiger charge is 2.31. The Morgan fingerprint density at radius 2 is 1.46 bits per heavy atom. The summed E-state index contributed by atoms with van der Waals surface area (Å²) in [4.78, 5) is 73.2. The third kappa shape index (κ3) is 9.15. The van der Waals surface area contributed by atoms with Crippen molar-refractivity contribution in [3.63, 3.8) is 0 Å². The highest BCUT2D eigenvalue weighted by molar-refractivity contribution is 5.95. The standard InChI is InChI=1S/C31H35N7O8/c32-22(13-19-15-33-16-35-19)28(42)37-26(12-18-14-34-23-4-2-1-3-21(18)23)30(44)38-25(11-17-5-7-20(39)8-6-17)29(43)36-24(31(45)46)9-10-27(40)41/h1-8,14-16,22,24-26,34,39H,9-13,32H2,(H,33,35)(H,36,43)(H,37,42)(H,38,44)(H,40,41)(H,45,46). The van der Waals surface area contributed by atoms with E-state index >= 15 is 0 Å². The van der Waals surface area contributed by atoms with Gasteiger partial charge >= 0.3 is 11.9 Å². The van der Waals surface area contributed by atoms with E-state index < -0.39 is 60.2 Å². The van der Waals surface area contributed by atoms with Crippen molar-refractivity contribution in [3.8, 4) is 5.75 Å². The molecule has 0 spiro atoms. The number of carbonyl (C=O) groups excluding carboxylic acids is 3. The fourth-order valence-corrected chi connectivity index (χ4v) is 4.88. The summed E-state index contributed by atoms with van der Waals surface area (Å²) in [5.41, 5.74) is 8.79. The Morgan fingerprint density at radius 3 is 2.11 bits per heavy atom. The molecule has 2 heterocycles. The number of aromatic amines is 2. The van der Waals surface area contributed by atoms with Gasteiger partial charge in [-0.25, -0.2) is 9.78 Å². The number of hydrogen-bond acceptors (Lipinski definition) is 8. The number of phenols is 1. The number of H-pyrrole nitrogens is 2. The number of benzene rings is 2. The van der Waals surface area contributed by atoms with Gasteiger partial charge in [0.15, 0.2) is 0 Å². The molecule has 4 unspecified atom stereocenters. The average molecular weight is 634 g/mol. The number of aromatic nitrogens is 3. The Labute approximate surface area is 262 Å². The van der Waals surface area contributed by atoms with E-state index in [9.17, 15) is 34.2 Å². The largest absolute Gasteiger partial charge is 0.508 e. The van der Waals surface area contributed by atoms with Gasteiger partial charge in [-0.3, -0.25) is 19.2 Å². The van der Waals surface area contributed by atoms with Crippen molar-refractivity contribution in [1.82, 2.24) is 30.9 Å². The van der Waals surface area contributed by atoms with Gasteiger partial charge in [-0.15, -0.1) is 0 Å². The lowest BCUT2D eigenvalue weighted by Crippen LogP contribution is -2.58. The minimum atomic E-state index is -1.54. The summed E-state index contributed by atoms with van der Waals surface area (Å²) in [5, 5.41) is 36.7. The van der Waals surface area contributed by atoms with E-state index in [0.29, 0.717) is 16.8 Å². The number of amides is 3. The van der Waals surface area contributed by atoms with Gasteiger partial charge in [0, 0.05) is 54.7 Å². The molecule has 0 fully saturated rings. The zero-order valence-corrected chi connectivity index (χ0v) is 24.6. The lowest BCUT2D eigenvalue weighted by atomic mass is 10.0. The number of hydrogen-bond donors (Lipinski definition) is 9. The Hall–Kier alpha value is -5.70. The predicted octanol–water partition coefficient (Wildman–Crippen LogP) is 0.356. The van der Waals surface area contributed by atoms with Crippen LogP contribution in [0, 0.1) is 0 Å². The predicted molar refractivity (Wildman–Crippen MR) is 164 cm³/mol. The van der Waals surface area contributed by atoms with Crippen molar-refractivity contribution in [2.45, 2.75) is 56.3 Å². The van der Waals surface area contributed by atoms with E-state index in [1.54, 1.807) is 6.20 Å². The first kappa shape index (κ1) is 33.2. The Kier molecular flexibility index (Phi) is 11.1. The van der Waals surface area contributed by atoms with E-state index in [-0.39, 0.29) is 31.4 Å². The number of para-hydroxylation sites is 1. The molecule has 0 aliphatic carbocycles. The lowest BCUT2D eigenvalue weighted by Gasteiger charge is -2.25. The van der Waals surface area contributed by atoms with Crippen LogP contribution in [0.15, 0.2) is 67.3 Å². The van der Waals surface area contributed by atoms with Crippen LogP contribution in [0.5, 0.6) is 5.75 Å². The fourth-order valence-electron chi connectivity index (χ4n) is 4.88. The number of carboxylic acids is 2. The van der Waals surface area contributed by atoms with Gasteiger partial charge in [-0.05, 0) is 35.7 Å². The Morgan fingerprint density at radius 1 is 0.804 bits per heavy atom. The SMILES string of the molecule is NC(Cc1cnc[nH]1)C(=O)NC(Cc1c[nH]c2ccccc12)C(=O)NC(Cc1ccc(O)cc1)C(=O)NC(CCC(=O)O)C(=O)O. The van der Waals surface area contributed by atoms with Gasteiger partial charge in [-0.1, -0.05) is 30.3 Å². The highest BCUT2D eigenvalue weighted by Crippen LogP contribution is 2.20. The van der Waals surface area contributed by atoms with Gasteiger partial charge in [0.25, 0.3) is 0 Å². The second-order valence-electron chi connectivity index (χ2n) is 10.8. The second kappa shape index (κ2) is 15.3. The van der Waals surface area contributed by atoms with Gasteiger partial charge in [0.2, 0.25) is 17.7 Å². The number of aliphatic carboxylic acids is 2. The van der Waals surface area contributed by atoms with Crippen molar-refractivity contribution in [2.24, 2.45) is 5.73 Å². The number of rotatable bonds is 16. The first-order valence-electron chi connectivity index (χ1n) is 14.4. The number of imidazole rings is 1. The van der Waals surface area contributed by atoms with E-state index in [1.807, 2.05) is 24.3 Å². The van der Waals surface area contributed by atoms with E-state index in [4.69, 9.17) is 10.8 Å². The van der Waals surface area contributed by atoms with Crippen molar-refractivity contribution in [1.29, 1.82) is 0 Å². The molecule has 10 N–H and O–H groups in total. The van der Waals surface area contributed by atoms with Crippen molar-refractivity contribution >= 4 is 40.6 Å². The Balaban J connectivity index is 1.59. The van der Waals surface area contributed by atoms with Crippen LogP contribution in [0.25, 0.3) is 10.9 Å². The molecule has 0 saturated heterocycles. The molecule has 15 nitrogen and oxygen atoms in total. The molecule has 0 bridgehead atoms. The number of nitrogens with two attached hydrogens (primary N) is 1. The van der Waals surface area contributed by atoms with Gasteiger partial charge in [0.05, 0.1) is 12.4 Å². The molecular weight excluding hydrogens is 598 g/mol. The first-order valence-corrected chi connectivity index (χ1v) is 14.4. The number of fused-ring (bicyclic) bond motifs is 1. The van der Waals surface area contributed by atoms with Crippen LogP contribution in [0.4, 0.5) is 0 Å². The maximum atomic E-state index is 13.9. The van der Waals surface area contributed by atoms with Crippen LogP contribution >= 0.6 is 0 Å². The van der Waals surface area contributed by atoms with Crippen LogP contribution in [-0.2, 0) is 43.2 Å². The summed E-state index contributed by atoms with van der Waals surface area (Å²) in [6.07, 6.45) is 3.81. The Bertz CT molecular complexity index is 1670. The molecule has 2 aromatic carbocycles. The van der Waals surface area contributed by atoms with E-state index in [1.165, 1.54) is 36.8 Å². The number of phenolic OH excluding ortho intramolecular Hbond substituents is 1. The monoisotopic (exact) mass is 633 g/mol. The van der Waals surface area contributed by atoms with Crippen LogP contribution in [-0.4, -0.2) is 84.1 Å². The van der Waals surface area contributed by atoms with Gasteiger partial charge < -0.3 is 47.0 Å². The first-order chi connectivity index (χ1) is 22.0. The third-order valence-corrected chi connectivity index (χ3v) is 7.33. The van der Waals surface area contributed by atoms with Crippen molar-refractivity contribution < 1.29 is 39.3 Å². The molecule has 2 aromatic heterocycles. The van der Waals surface area contributed by atoms with E-state index in [0.717, 1.165) is 10.9 Å². The number of carbonyl (C=O) groups is 5. The fraction of sp³-hybridized carbons (Fsp3) is 0.290. The molecule has 15 heteroatoms. The number of carboxylic acid groups (broad SMARTS) is 2. The summed E-state index contributed by atoms with van der Waals surface area (Å²) >= 11 is 0. The molecule has 3 amide bonds. The van der Waals surface area contributed by atoms with Crippen molar-refractivity contribution in [3.05, 3.63) is 84.1 Å². The lowest BCUT2D eigenvalue weighted by molar-refractivity contribution is -0.143. The molecule has 242 valence electrons. The van der Waals surface area contributed by atoms with Crippen molar-refractivity contribution in [2.75, 3.05) is 0 Å². The zero-order chi connectivity index (χ0) is 33.2. The summed E-state index contributed by atoms with van der Waals surface area (Å²) in [5.74, 6) is -4.97. The topological polar surface area (TPSA) is 253 Å². The van der Waals surface area contributed by atoms with Gasteiger partial charge in [-0.2, -0.15) is 0 Å². The van der Waals surface area contributed by atoms with Crippen LogP contribution in [0.3, 0.4) is 0 Å². The molecule has 0 saturated carbocycles. The zero-order valence-electron chi connectivity index (χ0n) is 24.6. The molecule has 0 radical (unpaired) electrons. The number of aromatic hydroxyl groups is 1. The number of nitrogens with one attached hydrogen (secondary N) is 5. The van der Waals surface area contributed by atoms with Crippen LogP contribution in [0.2, 0.25) is 0 Å². The summed E-state index contributed by atoms with van der Waals surface area (Å²) in [6, 6.07) is 8.08. The van der Waals surface area contributed by atoms with E-state index in [2.05, 4.69) is 30.9 Å². The molecule has 0 aliphatic heterocycles. The van der Waals surface area contributed by atoms with Gasteiger partial charge in [0.1, 0.15) is 23.9 Å². The normalized spacial score (nSPS) is 13.7. The molecule has 4 rings (SSSR count). The molecule has 4 aromatic rings. The van der Waals surface area contributed by atoms with Crippen LogP contribution < -0.4 is 21.7 Å². The second-order valence-corrected chi connectivity index (χ2v) is 10.8. The molecule has 4 atom stereocenters. The maximum Gasteiger partial charge on any atom is 0.326 e. The molecule has 0 aliphatic rings. The maximum absolute atomic E-state index is 13.9. The molecular formula is C31H35N7O8. The summed E-state index contributed by atoms with van der Waals surface area (Å²) in [6.45, 7) is 0. The molecule has 46 heavy (non-hydrogen) atoms. The minimum absolute atomic E-state index is 0.0161. The van der Waals surface area contributed by atoms with Crippen LogP contribution in [0.1, 0.15) is 29.7 Å². The minimum Gasteiger partial charge on any atom is -0.508 e. The third-order valence-electron chi connectivity index (χ3n) is 7.33. The summed E-state index contributed by atoms with van der Waals surface area (Å²) in [7, 11) is 0.